The van der Waals surface area contributed by atoms with E-state index in [0.29, 0.717) is 22.0 Å². The van der Waals surface area contributed by atoms with E-state index >= 15 is 0 Å². The number of aromatic hydroxyl groups is 1. The van der Waals surface area contributed by atoms with Crippen molar-refractivity contribution in [3.05, 3.63) is 107 Å². The van der Waals surface area contributed by atoms with E-state index in [1.807, 2.05) is 0 Å². The maximum atomic E-state index is 13.9. The van der Waals surface area contributed by atoms with Crippen molar-refractivity contribution in [1.29, 1.82) is 0 Å². The van der Waals surface area contributed by atoms with Crippen LogP contribution in [0.4, 0.5) is 53.2 Å². The van der Waals surface area contributed by atoms with Gasteiger partial charge in [0.1, 0.15) is 38.8 Å². The average molecular weight is 815 g/mol. The molecule has 2 heterocycles. The molecule has 0 saturated carbocycles. The topological polar surface area (TPSA) is 254 Å². The Morgan fingerprint density at radius 2 is 1.38 bits per heavy atom. The molecule has 2 aromatic heterocycles. The van der Waals surface area contributed by atoms with Crippen LogP contribution in [0.2, 0.25) is 5.02 Å². The molecule has 0 bridgehead atoms. The summed E-state index contributed by atoms with van der Waals surface area (Å²) in [6.45, 7) is 1.18. The second-order valence-electron chi connectivity index (χ2n) is 11.3. The van der Waals surface area contributed by atoms with E-state index in [1.165, 1.54) is 24.3 Å². The number of rotatable bonds is 11. The summed E-state index contributed by atoms with van der Waals surface area (Å²) in [7, 11) is -9.82. The molecule has 23 heteroatoms. The van der Waals surface area contributed by atoms with E-state index < -0.39 is 60.1 Å². The average Bonchev–Trinajstić information content (AvgIpc) is 3.12. The Balaban J connectivity index is 1.25. The Labute approximate surface area is 313 Å². The van der Waals surface area contributed by atoms with Crippen LogP contribution in [-0.4, -0.2) is 51.0 Å². The molecule has 0 atom stereocenters. The largest absolute Gasteiger partial charge is 0.505 e. The van der Waals surface area contributed by atoms with Gasteiger partial charge in [-0.25, -0.2) is 19.9 Å². The predicted octanol–water partition coefficient (Wildman–Crippen LogP) is 8.18. The third-order valence-electron chi connectivity index (χ3n) is 7.57. The first-order valence-corrected chi connectivity index (χ1v) is 18.4. The second kappa shape index (κ2) is 15.3. The van der Waals surface area contributed by atoms with Gasteiger partial charge in [0.2, 0.25) is 11.8 Å². The number of halogens is 4. The Bertz CT molecular complexity index is 2800. The summed E-state index contributed by atoms with van der Waals surface area (Å²) in [6.07, 6.45) is 1.74. The van der Waals surface area contributed by atoms with E-state index in [0.717, 1.165) is 30.9 Å². The molecular weight excluding hydrogens is 793 g/mol. The van der Waals surface area contributed by atoms with E-state index in [4.69, 9.17) is 11.6 Å². The Morgan fingerprint density at radius 3 is 2.07 bits per heavy atom. The molecular formula is C32H22ClF3N10O7S2. The van der Waals surface area contributed by atoms with Gasteiger partial charge in [-0.2, -0.15) is 40.2 Å². The number of fused-ring (bicyclic) bond motifs is 1. The first-order valence-electron chi connectivity index (χ1n) is 15.1. The SMILES string of the molecule is Cc1cc2cc(Nc3ncnc(F)c3Cl)ccc2c(O)c1N=Nc1ccc(N=Nc2ccc(CNc3ncnc(F)c3F)c(S(=O)(=O)O)c2)cc1S(=O)(=O)O. The summed E-state index contributed by atoms with van der Waals surface area (Å²) in [5.41, 5.74) is 0.129. The molecule has 17 nitrogen and oxygen atoms in total. The van der Waals surface area contributed by atoms with Crippen molar-refractivity contribution in [2.24, 2.45) is 20.5 Å². The molecule has 0 aliphatic heterocycles. The molecule has 6 aromatic rings. The number of benzene rings is 4. The minimum Gasteiger partial charge on any atom is -0.505 e. The number of nitrogens with zero attached hydrogens (tertiary/aromatic N) is 8. The van der Waals surface area contributed by atoms with E-state index in [2.05, 4.69) is 51.0 Å². The minimum absolute atomic E-state index is 0.0199. The van der Waals surface area contributed by atoms with Gasteiger partial charge >= 0.3 is 0 Å². The standard InChI is InChI=1S/C32H22ClF3N10O7S2/c1-15-8-17-9-18(42-31-25(33)29(35)38-13-40-31)4-6-21(17)28(47)27(15)46-45-22-7-5-20(11-24(22)55(51,52)53)44-43-19-3-2-16(23(10-19)54(48,49)50)12-37-32-26(34)30(36)39-14-41-32/h2-11,13-14,47H,12H2,1H3,(H,37,39,41)(H,38,40,42)(H,48,49,50)(H,51,52,53). The molecule has 0 saturated heterocycles. The van der Waals surface area contributed by atoms with Gasteiger partial charge in [-0.1, -0.05) is 17.7 Å². The van der Waals surface area contributed by atoms with Crippen molar-refractivity contribution in [3.8, 4) is 5.75 Å². The first-order chi connectivity index (χ1) is 26.0. The molecule has 6 rings (SSSR count). The van der Waals surface area contributed by atoms with Gasteiger partial charge in [0, 0.05) is 17.6 Å². The number of hydrogen-bond donors (Lipinski definition) is 5. The van der Waals surface area contributed by atoms with Crippen molar-refractivity contribution >= 4 is 82.7 Å². The monoisotopic (exact) mass is 814 g/mol. The lowest BCUT2D eigenvalue weighted by Gasteiger charge is -2.11. The Hall–Kier alpha value is -6.20. The van der Waals surface area contributed by atoms with Gasteiger partial charge in [0.15, 0.2) is 17.4 Å². The van der Waals surface area contributed by atoms with Crippen LogP contribution >= 0.6 is 11.6 Å². The molecule has 4 aromatic carbocycles. The lowest BCUT2D eigenvalue weighted by molar-refractivity contribution is 0.475. The first kappa shape index (κ1) is 38.5. The zero-order chi connectivity index (χ0) is 39.7. The van der Waals surface area contributed by atoms with Crippen LogP contribution in [0.3, 0.4) is 0 Å². The molecule has 0 amide bonds. The maximum Gasteiger partial charge on any atom is 0.296 e. The molecule has 5 N–H and O–H groups in total. The maximum absolute atomic E-state index is 13.9. The summed E-state index contributed by atoms with van der Waals surface area (Å²) in [5.74, 6) is -4.61. The van der Waals surface area contributed by atoms with Crippen molar-refractivity contribution < 1.29 is 44.2 Å². The summed E-state index contributed by atoms with van der Waals surface area (Å²) in [4.78, 5) is 12.5. The number of hydrogen-bond acceptors (Lipinski definition) is 15. The number of aryl methyl sites for hydroxylation is 1. The van der Waals surface area contributed by atoms with Crippen LogP contribution in [0.1, 0.15) is 11.1 Å². The zero-order valence-corrected chi connectivity index (χ0v) is 29.9. The lowest BCUT2D eigenvalue weighted by Crippen LogP contribution is -2.10. The zero-order valence-electron chi connectivity index (χ0n) is 27.5. The van der Waals surface area contributed by atoms with Gasteiger partial charge in [0.25, 0.3) is 26.2 Å². The summed E-state index contributed by atoms with van der Waals surface area (Å²) in [5, 5.41) is 32.6. The number of aromatic nitrogens is 4. The highest BCUT2D eigenvalue weighted by Crippen LogP contribution is 2.41. The van der Waals surface area contributed by atoms with Gasteiger partial charge < -0.3 is 15.7 Å². The number of nitrogens with one attached hydrogen (secondary N) is 2. The summed E-state index contributed by atoms with van der Waals surface area (Å²) >= 11 is 5.93. The normalized spacial score (nSPS) is 12.2. The van der Waals surface area contributed by atoms with Crippen LogP contribution in [0.5, 0.6) is 5.75 Å². The minimum atomic E-state index is -4.95. The quantitative estimate of drug-likeness (QED) is 0.0470. The molecule has 0 aliphatic carbocycles. The second-order valence-corrected chi connectivity index (χ2v) is 14.4. The van der Waals surface area contributed by atoms with Crippen LogP contribution < -0.4 is 10.6 Å². The van der Waals surface area contributed by atoms with Crippen LogP contribution in [0.15, 0.2) is 104 Å². The van der Waals surface area contributed by atoms with Gasteiger partial charge in [-0.15, -0.1) is 10.2 Å². The highest BCUT2D eigenvalue weighted by Gasteiger charge is 2.20. The third-order valence-corrected chi connectivity index (χ3v) is 9.72. The summed E-state index contributed by atoms with van der Waals surface area (Å²) in [6, 6.07) is 13.1. The van der Waals surface area contributed by atoms with Crippen LogP contribution in [0, 0.1) is 24.6 Å². The van der Waals surface area contributed by atoms with E-state index in [-0.39, 0.29) is 44.9 Å². The number of azo groups is 2. The molecule has 0 unspecified atom stereocenters. The van der Waals surface area contributed by atoms with E-state index in [1.54, 1.807) is 25.1 Å². The van der Waals surface area contributed by atoms with Crippen molar-refractivity contribution in [3.63, 3.8) is 0 Å². The number of phenolic OH excluding ortho intramolecular Hbond substituents is 1. The van der Waals surface area contributed by atoms with Gasteiger partial charge in [-0.3, -0.25) is 9.11 Å². The molecule has 0 fully saturated rings. The third kappa shape index (κ3) is 8.63. The van der Waals surface area contributed by atoms with E-state index in [9.17, 15) is 44.2 Å². The van der Waals surface area contributed by atoms with Gasteiger partial charge in [0.05, 0.1) is 11.4 Å². The highest BCUT2D eigenvalue weighted by atomic mass is 35.5. The smallest absolute Gasteiger partial charge is 0.296 e. The lowest BCUT2D eigenvalue weighted by atomic mass is 10.0. The fourth-order valence-corrected chi connectivity index (χ4v) is 6.53. The molecule has 55 heavy (non-hydrogen) atoms. The molecule has 0 spiro atoms. The van der Waals surface area contributed by atoms with Crippen LogP contribution in [0.25, 0.3) is 10.8 Å². The van der Waals surface area contributed by atoms with Crippen molar-refractivity contribution in [2.75, 3.05) is 10.6 Å². The fourth-order valence-electron chi connectivity index (χ4n) is 5.01. The Kier molecular flexibility index (Phi) is 10.7. The highest BCUT2D eigenvalue weighted by molar-refractivity contribution is 7.86. The van der Waals surface area contributed by atoms with Gasteiger partial charge in [-0.05, 0) is 78.0 Å². The fraction of sp³-hybridized carbons (Fsp3) is 0.0625. The number of anilines is 3. The van der Waals surface area contributed by atoms with Crippen molar-refractivity contribution in [2.45, 2.75) is 23.3 Å². The molecule has 0 aliphatic rings. The molecule has 0 radical (unpaired) electrons. The van der Waals surface area contributed by atoms with Crippen LogP contribution in [-0.2, 0) is 26.8 Å². The Morgan fingerprint density at radius 1 is 0.745 bits per heavy atom. The number of phenols is 1. The summed E-state index contributed by atoms with van der Waals surface area (Å²) < 4.78 is 110. The predicted molar refractivity (Wildman–Crippen MR) is 191 cm³/mol. The molecule has 282 valence electrons. The van der Waals surface area contributed by atoms with Crippen molar-refractivity contribution in [1.82, 2.24) is 19.9 Å².